The van der Waals surface area contributed by atoms with Gasteiger partial charge in [-0.25, -0.2) is 9.37 Å². The third-order valence-corrected chi connectivity index (χ3v) is 6.56. The Morgan fingerprint density at radius 1 is 1.14 bits per heavy atom. The number of amides is 1. The average molecular weight is 527 g/mol. The maximum Gasteiger partial charge on any atom is 0.218 e. The Labute approximate surface area is 219 Å². The molecule has 10 heteroatoms. The van der Waals surface area contributed by atoms with Crippen molar-refractivity contribution in [1.82, 2.24) is 9.88 Å². The number of anilines is 2. The van der Waals surface area contributed by atoms with Gasteiger partial charge in [0.15, 0.2) is 0 Å². The summed E-state index contributed by atoms with van der Waals surface area (Å²) in [6.45, 7) is 0.363. The number of halogens is 2. The van der Waals surface area contributed by atoms with Crippen LogP contribution in [0.15, 0.2) is 61.1 Å². The van der Waals surface area contributed by atoms with Gasteiger partial charge in [0, 0.05) is 50.4 Å². The number of rotatable bonds is 8. The fraction of sp³-hybridized carbons (Fsp3) is 0.259. The van der Waals surface area contributed by atoms with Crippen LogP contribution in [0, 0.1) is 5.82 Å². The van der Waals surface area contributed by atoms with Crippen molar-refractivity contribution in [3.63, 3.8) is 0 Å². The molecular weight excluding hydrogens is 499 g/mol. The molecule has 1 amide bonds. The van der Waals surface area contributed by atoms with Crippen LogP contribution in [0.1, 0.15) is 6.42 Å². The minimum Gasteiger partial charge on any atom is -0.507 e. The molecule has 3 aromatic rings. The van der Waals surface area contributed by atoms with Gasteiger partial charge in [0.2, 0.25) is 6.41 Å². The number of aromatic hydroxyl groups is 1. The van der Waals surface area contributed by atoms with Crippen LogP contribution >= 0.6 is 11.6 Å². The second kappa shape index (κ2) is 10.8. The predicted molar refractivity (Wildman–Crippen MR) is 142 cm³/mol. The molecule has 1 unspecified atom stereocenters. The Bertz CT molecular complexity index is 1340. The first-order valence-corrected chi connectivity index (χ1v) is 12.0. The highest BCUT2D eigenvalue weighted by atomic mass is 35.5. The van der Waals surface area contributed by atoms with Crippen molar-refractivity contribution in [2.75, 3.05) is 43.6 Å². The lowest BCUT2D eigenvalue weighted by Gasteiger charge is -2.22. The van der Waals surface area contributed by atoms with Gasteiger partial charge in [0.25, 0.3) is 0 Å². The molecule has 0 bridgehead atoms. The molecule has 3 N–H and O–H groups in total. The number of phenols is 1. The van der Waals surface area contributed by atoms with E-state index in [0.717, 1.165) is 0 Å². The lowest BCUT2D eigenvalue weighted by atomic mass is 9.97. The molecular formula is C27H28ClFN4O4. The molecule has 2 heterocycles. The Morgan fingerprint density at radius 3 is 2.43 bits per heavy atom. The number of phenolic OH excluding ortho intramolecular Hbond substituents is 1. The molecule has 194 valence electrons. The number of β-amino-alcohol motifs (C(OH)–C–C–N with tert-alkyl or cyclic N) is 1. The number of carbonyl (C=O) groups excluding carboxylic acids is 1. The molecule has 0 spiro atoms. The van der Waals surface area contributed by atoms with E-state index in [9.17, 15) is 24.5 Å². The normalized spacial score (nSPS) is 17.4. The summed E-state index contributed by atoms with van der Waals surface area (Å²) in [6, 6.07) is 10.7. The van der Waals surface area contributed by atoms with Gasteiger partial charge >= 0.3 is 0 Å². The molecule has 1 fully saturated rings. The zero-order chi connectivity index (χ0) is 26.7. The molecule has 1 saturated heterocycles. The summed E-state index contributed by atoms with van der Waals surface area (Å²) in [5.74, 6) is -0.157. The largest absolute Gasteiger partial charge is 0.507 e. The number of aromatic nitrogens is 1. The molecule has 1 aliphatic rings. The zero-order valence-electron chi connectivity index (χ0n) is 20.5. The number of aliphatic hydroxyl groups is 2. The average Bonchev–Trinajstić information content (AvgIpc) is 3.29. The number of benzene rings is 2. The molecule has 1 atom stereocenters. The monoisotopic (exact) mass is 526 g/mol. The van der Waals surface area contributed by atoms with E-state index in [4.69, 9.17) is 11.6 Å². The second-order valence-corrected chi connectivity index (χ2v) is 9.65. The van der Waals surface area contributed by atoms with Crippen molar-refractivity contribution in [1.29, 1.82) is 0 Å². The number of nitrogens with zero attached hydrogens (tertiary/aromatic N) is 4. The minimum atomic E-state index is -1.20. The molecule has 1 aliphatic heterocycles. The standard InChI is InChI=1S/C27H28ClFN4O4/c1-31(2)9-10-33(17-35)24-4-3-18(11-23(24)28)21-13-20(29)14-22(26(21)36)19-5-7-30-25(12-19)32-8-6-27(37,15-32)16-34/h3-5,7,9-14,17,34,36-37H,6,8,15-16H2,1-2H3/b10-9-. The molecule has 0 aliphatic carbocycles. The van der Waals surface area contributed by atoms with Crippen LogP contribution in [0.4, 0.5) is 15.9 Å². The van der Waals surface area contributed by atoms with Gasteiger partial charge in [-0.1, -0.05) is 17.7 Å². The van der Waals surface area contributed by atoms with Crippen LogP contribution in [0.5, 0.6) is 5.75 Å². The number of hydrogen-bond donors (Lipinski definition) is 3. The Hall–Kier alpha value is -3.66. The van der Waals surface area contributed by atoms with Gasteiger partial charge in [-0.2, -0.15) is 0 Å². The topological polar surface area (TPSA) is 100 Å². The maximum atomic E-state index is 14.8. The van der Waals surface area contributed by atoms with E-state index in [1.165, 1.54) is 17.0 Å². The van der Waals surface area contributed by atoms with E-state index >= 15 is 0 Å². The van der Waals surface area contributed by atoms with Gasteiger partial charge in [-0.15, -0.1) is 0 Å². The van der Waals surface area contributed by atoms with E-state index < -0.39 is 11.4 Å². The van der Waals surface area contributed by atoms with Gasteiger partial charge in [0.05, 0.1) is 23.9 Å². The van der Waals surface area contributed by atoms with Crippen LogP contribution in [0.25, 0.3) is 22.3 Å². The quantitative estimate of drug-likeness (QED) is 0.383. The molecule has 0 radical (unpaired) electrons. The molecule has 4 rings (SSSR count). The number of carbonyl (C=O) groups is 1. The van der Waals surface area contributed by atoms with Crippen molar-refractivity contribution in [2.24, 2.45) is 0 Å². The lowest BCUT2D eigenvalue weighted by Crippen LogP contribution is -2.36. The van der Waals surface area contributed by atoms with Crippen LogP contribution in [0.2, 0.25) is 5.02 Å². The smallest absolute Gasteiger partial charge is 0.218 e. The van der Waals surface area contributed by atoms with Crippen LogP contribution in [0.3, 0.4) is 0 Å². The summed E-state index contributed by atoms with van der Waals surface area (Å²) in [4.78, 5) is 20.8. The molecule has 8 nitrogen and oxygen atoms in total. The number of aliphatic hydroxyl groups excluding tert-OH is 1. The van der Waals surface area contributed by atoms with Crippen molar-refractivity contribution < 1.29 is 24.5 Å². The van der Waals surface area contributed by atoms with Crippen molar-refractivity contribution in [3.05, 3.63) is 71.9 Å². The Kier molecular flexibility index (Phi) is 7.68. The second-order valence-electron chi connectivity index (χ2n) is 9.25. The third kappa shape index (κ3) is 5.69. The predicted octanol–water partition coefficient (Wildman–Crippen LogP) is 3.84. The maximum absolute atomic E-state index is 14.8. The van der Waals surface area contributed by atoms with E-state index in [0.29, 0.717) is 42.0 Å². The third-order valence-electron chi connectivity index (χ3n) is 6.26. The SMILES string of the molecule is CN(C)/C=C\N(C=O)c1ccc(-c2cc(F)cc(-c3ccnc(N4CCC(O)(CO)C4)c3)c2O)cc1Cl. The highest BCUT2D eigenvalue weighted by molar-refractivity contribution is 6.34. The highest BCUT2D eigenvalue weighted by Crippen LogP contribution is 2.41. The fourth-order valence-corrected chi connectivity index (χ4v) is 4.52. The van der Waals surface area contributed by atoms with Gasteiger partial charge in [-0.05, 0) is 53.9 Å². The highest BCUT2D eigenvalue weighted by Gasteiger charge is 2.36. The van der Waals surface area contributed by atoms with Crippen LogP contribution in [-0.2, 0) is 4.79 Å². The minimum absolute atomic E-state index is 0.143. The van der Waals surface area contributed by atoms with E-state index in [-0.39, 0.29) is 35.1 Å². The zero-order valence-corrected chi connectivity index (χ0v) is 21.2. The summed E-state index contributed by atoms with van der Waals surface area (Å²) in [7, 11) is 3.64. The first kappa shape index (κ1) is 26.4. The number of pyridine rings is 1. The molecule has 0 saturated carbocycles. The lowest BCUT2D eigenvalue weighted by molar-refractivity contribution is -0.107. The van der Waals surface area contributed by atoms with Gasteiger partial charge < -0.3 is 25.1 Å². The molecule has 37 heavy (non-hydrogen) atoms. The van der Waals surface area contributed by atoms with Gasteiger partial charge in [-0.3, -0.25) is 9.69 Å². The van der Waals surface area contributed by atoms with Crippen LogP contribution < -0.4 is 9.80 Å². The van der Waals surface area contributed by atoms with Crippen molar-refractivity contribution in [2.45, 2.75) is 12.0 Å². The first-order valence-electron chi connectivity index (χ1n) is 11.6. The summed E-state index contributed by atoms with van der Waals surface area (Å²) >= 11 is 6.47. The summed E-state index contributed by atoms with van der Waals surface area (Å²) in [6.07, 6.45) is 5.83. The van der Waals surface area contributed by atoms with E-state index in [2.05, 4.69) is 4.98 Å². The van der Waals surface area contributed by atoms with E-state index in [1.807, 2.05) is 19.0 Å². The Balaban J connectivity index is 1.69. The Morgan fingerprint density at radius 2 is 1.84 bits per heavy atom. The van der Waals surface area contributed by atoms with Crippen molar-refractivity contribution >= 4 is 29.5 Å². The van der Waals surface area contributed by atoms with E-state index in [1.54, 1.807) is 53.8 Å². The fourth-order valence-electron chi connectivity index (χ4n) is 4.24. The summed E-state index contributed by atoms with van der Waals surface area (Å²) in [5.41, 5.74) is 0.737. The molecule has 1 aromatic heterocycles. The van der Waals surface area contributed by atoms with Crippen LogP contribution in [-0.4, -0.2) is 71.0 Å². The number of hydrogen-bond acceptors (Lipinski definition) is 7. The van der Waals surface area contributed by atoms with Gasteiger partial charge in [0.1, 0.15) is 23.0 Å². The summed E-state index contributed by atoms with van der Waals surface area (Å²) < 4.78 is 14.8. The first-order chi connectivity index (χ1) is 17.6. The molecule has 2 aromatic carbocycles. The van der Waals surface area contributed by atoms with Crippen molar-refractivity contribution in [3.8, 4) is 28.0 Å². The summed E-state index contributed by atoms with van der Waals surface area (Å²) in [5, 5.41) is 31.2.